The van der Waals surface area contributed by atoms with Crippen LogP contribution in [0.4, 0.5) is 0 Å². The van der Waals surface area contributed by atoms with Crippen molar-refractivity contribution in [2.75, 3.05) is 18.5 Å². The number of carbonyl (C=O) groups is 1. The third kappa shape index (κ3) is 3.22. The number of hydrogen-bond donors (Lipinski definition) is 1. The van der Waals surface area contributed by atoms with E-state index in [-0.39, 0.29) is 12.0 Å². The van der Waals surface area contributed by atoms with Crippen LogP contribution in [0.15, 0.2) is 0 Å². The van der Waals surface area contributed by atoms with Gasteiger partial charge < -0.3 is 10.1 Å². The zero-order valence-electron chi connectivity index (χ0n) is 10.5. The van der Waals surface area contributed by atoms with Gasteiger partial charge in [-0.05, 0) is 37.0 Å². The van der Waals surface area contributed by atoms with E-state index in [2.05, 4.69) is 28.2 Å². The van der Waals surface area contributed by atoms with Crippen LogP contribution in [0, 0.1) is 17.8 Å². The lowest BCUT2D eigenvalue weighted by Gasteiger charge is -2.20. The van der Waals surface area contributed by atoms with Crippen LogP contribution in [-0.2, 0) is 9.53 Å². The molecule has 2 fully saturated rings. The molecule has 0 spiro atoms. The first-order valence-corrected chi connectivity index (χ1v) is 7.79. The number of ether oxygens (including phenoxy) is 1. The molecule has 1 saturated carbocycles. The van der Waals surface area contributed by atoms with Gasteiger partial charge in [0.05, 0.1) is 0 Å². The van der Waals surface area contributed by atoms with Crippen molar-refractivity contribution in [1.82, 2.24) is 5.32 Å². The van der Waals surface area contributed by atoms with Gasteiger partial charge in [-0.2, -0.15) is 0 Å². The second-order valence-corrected chi connectivity index (χ2v) is 6.06. The van der Waals surface area contributed by atoms with Crippen LogP contribution in [0.2, 0.25) is 0 Å². The molecule has 2 aliphatic rings. The number of amides is 1. The van der Waals surface area contributed by atoms with Gasteiger partial charge in [-0.15, -0.1) is 0 Å². The molecular formula is C13H22BrNO2. The number of nitrogens with one attached hydrogen (secondary N) is 1. The molecule has 0 aromatic rings. The molecule has 1 saturated heterocycles. The Morgan fingerprint density at radius 1 is 1.35 bits per heavy atom. The highest BCUT2D eigenvalue weighted by Crippen LogP contribution is 2.32. The molecule has 4 unspecified atom stereocenters. The molecule has 2 rings (SSSR count). The van der Waals surface area contributed by atoms with Gasteiger partial charge in [0.1, 0.15) is 6.10 Å². The van der Waals surface area contributed by atoms with Gasteiger partial charge in [-0.3, -0.25) is 4.79 Å². The number of alkyl halides is 1. The van der Waals surface area contributed by atoms with Crippen LogP contribution < -0.4 is 5.32 Å². The van der Waals surface area contributed by atoms with Crippen LogP contribution in [0.5, 0.6) is 0 Å². The van der Waals surface area contributed by atoms with E-state index in [0.717, 1.165) is 30.8 Å². The van der Waals surface area contributed by atoms with E-state index in [4.69, 9.17) is 4.74 Å². The summed E-state index contributed by atoms with van der Waals surface area (Å²) < 4.78 is 5.47. The third-order valence-corrected chi connectivity index (χ3v) is 5.03. The molecule has 1 amide bonds. The van der Waals surface area contributed by atoms with Crippen molar-refractivity contribution in [1.29, 1.82) is 0 Å². The SMILES string of the molecule is CC1CCOC1C(=O)NCC1CCCC1CBr. The Kier molecular flexibility index (Phi) is 4.86. The molecule has 3 nitrogen and oxygen atoms in total. The standard InChI is InChI=1S/C13H22BrNO2/c1-9-5-6-17-12(9)13(16)15-8-11-4-2-3-10(11)7-14/h9-12H,2-8H2,1H3,(H,15,16). The van der Waals surface area contributed by atoms with Gasteiger partial charge in [0.2, 0.25) is 5.91 Å². The maximum absolute atomic E-state index is 12.0. The molecular weight excluding hydrogens is 282 g/mol. The van der Waals surface area contributed by atoms with Gasteiger partial charge in [-0.1, -0.05) is 29.3 Å². The Labute approximate surface area is 112 Å². The first-order valence-electron chi connectivity index (χ1n) is 6.67. The smallest absolute Gasteiger partial charge is 0.249 e. The van der Waals surface area contributed by atoms with Crippen LogP contribution >= 0.6 is 15.9 Å². The van der Waals surface area contributed by atoms with Crippen molar-refractivity contribution in [3.8, 4) is 0 Å². The van der Waals surface area contributed by atoms with E-state index in [0.29, 0.717) is 11.8 Å². The minimum atomic E-state index is -0.209. The summed E-state index contributed by atoms with van der Waals surface area (Å²) in [6.45, 7) is 3.64. The Morgan fingerprint density at radius 3 is 2.76 bits per heavy atom. The fraction of sp³-hybridized carbons (Fsp3) is 0.923. The Balaban J connectivity index is 1.76. The number of hydrogen-bond acceptors (Lipinski definition) is 2. The van der Waals surface area contributed by atoms with E-state index < -0.39 is 0 Å². The quantitative estimate of drug-likeness (QED) is 0.810. The Morgan fingerprint density at radius 2 is 2.12 bits per heavy atom. The molecule has 0 radical (unpaired) electrons. The first kappa shape index (κ1) is 13.3. The third-order valence-electron chi connectivity index (χ3n) is 4.20. The highest BCUT2D eigenvalue weighted by molar-refractivity contribution is 9.09. The summed E-state index contributed by atoms with van der Waals surface area (Å²) in [4.78, 5) is 12.0. The Bertz CT molecular complexity index is 272. The normalized spacial score (nSPS) is 37.3. The second-order valence-electron chi connectivity index (χ2n) is 5.41. The molecule has 1 aliphatic carbocycles. The maximum atomic E-state index is 12.0. The van der Waals surface area contributed by atoms with Crippen LogP contribution in [0.3, 0.4) is 0 Å². The lowest BCUT2D eigenvalue weighted by molar-refractivity contribution is -0.131. The zero-order valence-corrected chi connectivity index (χ0v) is 12.0. The van der Waals surface area contributed by atoms with E-state index in [1.807, 2.05) is 0 Å². The molecule has 4 heteroatoms. The van der Waals surface area contributed by atoms with E-state index in [1.54, 1.807) is 0 Å². The maximum Gasteiger partial charge on any atom is 0.249 e. The lowest BCUT2D eigenvalue weighted by atomic mass is 9.97. The van der Waals surface area contributed by atoms with Crippen molar-refractivity contribution in [2.45, 2.75) is 38.7 Å². The predicted molar refractivity (Wildman–Crippen MR) is 71.2 cm³/mol. The van der Waals surface area contributed by atoms with Gasteiger partial charge in [-0.25, -0.2) is 0 Å². The fourth-order valence-electron chi connectivity index (χ4n) is 2.95. The van der Waals surface area contributed by atoms with Crippen molar-refractivity contribution < 1.29 is 9.53 Å². The average Bonchev–Trinajstić information content (AvgIpc) is 2.94. The fourth-order valence-corrected chi connectivity index (χ4v) is 3.80. The van der Waals surface area contributed by atoms with Crippen molar-refractivity contribution in [3.05, 3.63) is 0 Å². The average molecular weight is 304 g/mol. The van der Waals surface area contributed by atoms with E-state index >= 15 is 0 Å². The minimum absolute atomic E-state index is 0.0928. The molecule has 98 valence electrons. The summed E-state index contributed by atoms with van der Waals surface area (Å²) in [5.41, 5.74) is 0. The van der Waals surface area contributed by atoms with Gasteiger partial charge >= 0.3 is 0 Å². The monoisotopic (exact) mass is 303 g/mol. The summed E-state index contributed by atoms with van der Waals surface area (Å²) >= 11 is 3.56. The van der Waals surface area contributed by atoms with E-state index in [9.17, 15) is 4.79 Å². The molecule has 1 heterocycles. The molecule has 0 aromatic carbocycles. The van der Waals surface area contributed by atoms with Crippen LogP contribution in [0.25, 0.3) is 0 Å². The molecule has 1 N–H and O–H groups in total. The molecule has 17 heavy (non-hydrogen) atoms. The number of carbonyl (C=O) groups excluding carboxylic acids is 1. The van der Waals surface area contributed by atoms with Gasteiger partial charge in [0.25, 0.3) is 0 Å². The van der Waals surface area contributed by atoms with Crippen LogP contribution in [-0.4, -0.2) is 30.5 Å². The highest BCUT2D eigenvalue weighted by Gasteiger charge is 2.32. The predicted octanol–water partition coefficient (Wildman–Crippen LogP) is 2.34. The first-order chi connectivity index (χ1) is 8.22. The molecule has 1 aliphatic heterocycles. The van der Waals surface area contributed by atoms with Crippen molar-refractivity contribution in [3.63, 3.8) is 0 Å². The lowest BCUT2D eigenvalue weighted by Crippen LogP contribution is -2.40. The number of halogens is 1. The molecule has 0 aromatic heterocycles. The second kappa shape index (κ2) is 6.19. The number of rotatable bonds is 4. The van der Waals surface area contributed by atoms with Crippen molar-refractivity contribution >= 4 is 21.8 Å². The summed E-state index contributed by atoms with van der Waals surface area (Å²) in [6.07, 6.45) is 4.64. The summed E-state index contributed by atoms with van der Waals surface area (Å²) in [7, 11) is 0. The summed E-state index contributed by atoms with van der Waals surface area (Å²) in [5.74, 6) is 1.84. The zero-order chi connectivity index (χ0) is 12.3. The van der Waals surface area contributed by atoms with Gasteiger partial charge in [0, 0.05) is 18.5 Å². The summed E-state index contributed by atoms with van der Waals surface area (Å²) in [6, 6.07) is 0. The Hall–Kier alpha value is -0.0900. The minimum Gasteiger partial charge on any atom is -0.368 e. The van der Waals surface area contributed by atoms with Gasteiger partial charge in [0.15, 0.2) is 0 Å². The van der Waals surface area contributed by atoms with E-state index in [1.165, 1.54) is 19.3 Å². The topological polar surface area (TPSA) is 38.3 Å². The molecule has 0 bridgehead atoms. The summed E-state index contributed by atoms with van der Waals surface area (Å²) in [5, 5.41) is 4.14. The van der Waals surface area contributed by atoms with Crippen LogP contribution in [0.1, 0.15) is 32.6 Å². The molecule has 4 atom stereocenters. The van der Waals surface area contributed by atoms with Crippen molar-refractivity contribution in [2.24, 2.45) is 17.8 Å². The largest absolute Gasteiger partial charge is 0.368 e. The highest BCUT2D eigenvalue weighted by atomic mass is 79.9.